The van der Waals surface area contributed by atoms with Crippen LogP contribution in [0.15, 0.2) is 30.5 Å². The van der Waals surface area contributed by atoms with E-state index in [-0.39, 0.29) is 0 Å². The fourth-order valence-corrected chi connectivity index (χ4v) is 2.73. The zero-order valence-electron chi connectivity index (χ0n) is 12.9. The highest BCUT2D eigenvalue weighted by molar-refractivity contribution is 5.86. The summed E-state index contributed by atoms with van der Waals surface area (Å²) < 4.78 is 8.05. The Morgan fingerprint density at radius 1 is 0.950 bits per heavy atom. The fraction of sp³-hybridized carbons (Fsp3) is 0.556. The molecule has 0 amide bonds. The Morgan fingerprint density at radius 3 is 2.55 bits per heavy atom. The molecule has 0 atom stereocenters. The molecular formula is C18H27NO. The molecule has 0 aliphatic carbocycles. The summed E-state index contributed by atoms with van der Waals surface area (Å²) in [6.07, 6.45) is 10.3. The Kier molecular flexibility index (Phi) is 5.97. The molecule has 2 rings (SSSR count). The third kappa shape index (κ3) is 3.78. The van der Waals surface area contributed by atoms with Gasteiger partial charge in [-0.2, -0.15) is 0 Å². The number of ether oxygens (including phenoxy) is 1. The van der Waals surface area contributed by atoms with Crippen molar-refractivity contribution in [1.82, 2.24) is 4.57 Å². The molecule has 0 aliphatic heterocycles. The van der Waals surface area contributed by atoms with Crippen LogP contribution in [-0.2, 0) is 6.54 Å². The minimum absolute atomic E-state index is 0.724. The van der Waals surface area contributed by atoms with Gasteiger partial charge >= 0.3 is 0 Å². The lowest BCUT2D eigenvalue weighted by Crippen LogP contribution is -1.97. The average Bonchev–Trinajstić information content (AvgIpc) is 2.87. The molecule has 0 saturated heterocycles. The number of hydrogen-bond donors (Lipinski definition) is 0. The summed E-state index contributed by atoms with van der Waals surface area (Å²) in [6.45, 7) is 6.14. The van der Waals surface area contributed by atoms with Crippen LogP contribution in [0.1, 0.15) is 52.4 Å². The first-order valence-electron chi connectivity index (χ1n) is 8.07. The van der Waals surface area contributed by atoms with Gasteiger partial charge < -0.3 is 9.30 Å². The number of benzene rings is 1. The van der Waals surface area contributed by atoms with Gasteiger partial charge in [0.1, 0.15) is 5.75 Å². The lowest BCUT2D eigenvalue weighted by atomic mass is 10.1. The maximum absolute atomic E-state index is 5.69. The van der Waals surface area contributed by atoms with Crippen molar-refractivity contribution in [3.63, 3.8) is 0 Å². The second-order valence-electron chi connectivity index (χ2n) is 5.40. The van der Waals surface area contributed by atoms with Gasteiger partial charge in [-0.25, -0.2) is 0 Å². The number of nitrogens with zero attached hydrogens (tertiary/aromatic N) is 1. The van der Waals surface area contributed by atoms with Gasteiger partial charge in [0, 0.05) is 18.1 Å². The molecule has 1 aromatic heterocycles. The van der Waals surface area contributed by atoms with Crippen molar-refractivity contribution in [1.29, 1.82) is 0 Å². The van der Waals surface area contributed by atoms with Crippen LogP contribution in [0, 0.1) is 0 Å². The Morgan fingerprint density at radius 2 is 1.75 bits per heavy atom. The van der Waals surface area contributed by atoms with E-state index in [4.69, 9.17) is 4.74 Å². The first kappa shape index (κ1) is 15.0. The lowest BCUT2D eigenvalue weighted by molar-refractivity contribution is 0.344. The Labute approximate surface area is 122 Å². The summed E-state index contributed by atoms with van der Waals surface area (Å²) in [4.78, 5) is 0. The molecule has 20 heavy (non-hydrogen) atoms. The topological polar surface area (TPSA) is 14.2 Å². The van der Waals surface area contributed by atoms with Crippen LogP contribution in [0.2, 0.25) is 0 Å². The van der Waals surface area contributed by atoms with Crippen molar-refractivity contribution in [3.05, 3.63) is 30.5 Å². The summed E-state index contributed by atoms with van der Waals surface area (Å²) in [6, 6.07) is 8.51. The van der Waals surface area contributed by atoms with Crippen LogP contribution in [0.5, 0.6) is 5.75 Å². The van der Waals surface area contributed by atoms with Gasteiger partial charge in [-0.15, -0.1) is 0 Å². The van der Waals surface area contributed by atoms with E-state index in [0.29, 0.717) is 0 Å². The quantitative estimate of drug-likeness (QED) is 0.558. The van der Waals surface area contributed by atoms with Crippen molar-refractivity contribution >= 4 is 10.9 Å². The van der Waals surface area contributed by atoms with Crippen molar-refractivity contribution in [3.8, 4) is 5.75 Å². The number of unbranched alkanes of at least 4 members (excludes halogenated alkanes) is 5. The molecule has 0 radical (unpaired) electrons. The van der Waals surface area contributed by atoms with E-state index < -0.39 is 0 Å². The third-order valence-corrected chi connectivity index (χ3v) is 3.83. The van der Waals surface area contributed by atoms with Crippen LogP contribution in [0.4, 0.5) is 0 Å². The minimum atomic E-state index is 0.724. The average molecular weight is 273 g/mol. The van der Waals surface area contributed by atoms with Gasteiger partial charge in [0.2, 0.25) is 0 Å². The fourth-order valence-electron chi connectivity index (χ4n) is 2.73. The van der Waals surface area contributed by atoms with Gasteiger partial charge in [-0.3, -0.25) is 0 Å². The molecular weight excluding hydrogens is 246 g/mol. The molecule has 1 aromatic carbocycles. The van der Waals surface area contributed by atoms with E-state index in [2.05, 4.69) is 42.0 Å². The molecule has 1 heterocycles. The largest absolute Gasteiger partial charge is 0.493 e. The number of aryl methyl sites for hydroxylation is 1. The van der Waals surface area contributed by atoms with Gasteiger partial charge in [0.25, 0.3) is 0 Å². The summed E-state index contributed by atoms with van der Waals surface area (Å²) in [5.74, 6) is 1.01. The standard InChI is InChI=1S/C18H27NO/c1-3-5-6-7-8-9-14-19-15-13-16-17(19)11-10-12-18(16)20-4-2/h10-13,15H,3-9,14H2,1-2H3. The monoisotopic (exact) mass is 273 g/mol. The number of rotatable bonds is 9. The van der Waals surface area contributed by atoms with Crippen molar-refractivity contribution in [2.24, 2.45) is 0 Å². The first-order chi connectivity index (χ1) is 9.86. The Balaban J connectivity index is 1.92. The Hall–Kier alpha value is -1.44. The number of fused-ring (bicyclic) bond motifs is 1. The van der Waals surface area contributed by atoms with E-state index in [0.717, 1.165) is 18.9 Å². The van der Waals surface area contributed by atoms with Crippen molar-refractivity contribution in [2.45, 2.75) is 58.9 Å². The summed E-state index contributed by atoms with van der Waals surface area (Å²) in [7, 11) is 0. The molecule has 2 aromatic rings. The van der Waals surface area contributed by atoms with Crippen LogP contribution in [0.25, 0.3) is 10.9 Å². The van der Waals surface area contributed by atoms with Crippen molar-refractivity contribution in [2.75, 3.05) is 6.61 Å². The first-order valence-corrected chi connectivity index (χ1v) is 8.07. The molecule has 0 bridgehead atoms. The maximum atomic E-state index is 5.69. The van der Waals surface area contributed by atoms with Crippen LogP contribution < -0.4 is 4.74 Å². The molecule has 0 unspecified atom stereocenters. The number of aromatic nitrogens is 1. The SMILES string of the molecule is CCCCCCCCn1ccc2c(OCC)cccc21. The molecule has 0 aliphatic rings. The highest BCUT2D eigenvalue weighted by atomic mass is 16.5. The summed E-state index contributed by atoms with van der Waals surface area (Å²) in [5, 5.41) is 1.24. The highest BCUT2D eigenvalue weighted by Crippen LogP contribution is 2.26. The maximum Gasteiger partial charge on any atom is 0.128 e. The summed E-state index contributed by atoms with van der Waals surface area (Å²) in [5.41, 5.74) is 1.30. The third-order valence-electron chi connectivity index (χ3n) is 3.83. The van der Waals surface area contributed by atoms with Gasteiger partial charge in [0.05, 0.1) is 12.1 Å². The lowest BCUT2D eigenvalue weighted by Gasteiger charge is -2.08. The van der Waals surface area contributed by atoms with Crippen LogP contribution >= 0.6 is 0 Å². The zero-order valence-corrected chi connectivity index (χ0v) is 12.9. The predicted octanol–water partition coefficient (Wildman–Crippen LogP) is 5.40. The number of hydrogen-bond acceptors (Lipinski definition) is 1. The molecule has 0 fully saturated rings. The van der Waals surface area contributed by atoms with Crippen molar-refractivity contribution < 1.29 is 4.74 Å². The molecule has 2 heteroatoms. The zero-order chi connectivity index (χ0) is 14.2. The normalized spacial score (nSPS) is 11.1. The highest BCUT2D eigenvalue weighted by Gasteiger charge is 2.05. The molecule has 2 nitrogen and oxygen atoms in total. The van der Waals surface area contributed by atoms with Gasteiger partial charge in [-0.05, 0) is 31.5 Å². The van der Waals surface area contributed by atoms with E-state index in [9.17, 15) is 0 Å². The van der Waals surface area contributed by atoms with E-state index >= 15 is 0 Å². The molecule has 0 spiro atoms. The molecule has 110 valence electrons. The Bertz CT molecular complexity index is 515. The van der Waals surface area contributed by atoms with Gasteiger partial charge in [-0.1, -0.05) is 45.1 Å². The van der Waals surface area contributed by atoms with Gasteiger partial charge in [0.15, 0.2) is 0 Å². The second kappa shape index (κ2) is 7.98. The second-order valence-corrected chi connectivity index (χ2v) is 5.40. The minimum Gasteiger partial charge on any atom is -0.493 e. The molecule has 0 saturated carbocycles. The smallest absolute Gasteiger partial charge is 0.128 e. The van der Waals surface area contributed by atoms with E-state index in [1.54, 1.807) is 0 Å². The van der Waals surface area contributed by atoms with Crippen LogP contribution in [0.3, 0.4) is 0 Å². The van der Waals surface area contributed by atoms with E-state index in [1.165, 1.54) is 49.4 Å². The molecule has 0 N–H and O–H groups in total. The summed E-state index contributed by atoms with van der Waals surface area (Å²) >= 11 is 0. The predicted molar refractivity (Wildman–Crippen MR) is 86.5 cm³/mol. The van der Waals surface area contributed by atoms with E-state index in [1.807, 2.05) is 6.92 Å². The van der Waals surface area contributed by atoms with Crippen LogP contribution in [-0.4, -0.2) is 11.2 Å².